The minimum absolute atomic E-state index is 0.0888. The fourth-order valence-electron chi connectivity index (χ4n) is 13.8. The lowest BCUT2D eigenvalue weighted by Gasteiger charge is -2.60. The van der Waals surface area contributed by atoms with Crippen molar-refractivity contribution in [2.75, 3.05) is 20.8 Å². The molecule has 2 spiro atoms. The third kappa shape index (κ3) is 4.75. The lowest BCUT2D eigenvalue weighted by Crippen LogP contribution is -2.56. The van der Waals surface area contributed by atoms with Crippen LogP contribution in [0.25, 0.3) is 0 Å². The highest BCUT2D eigenvalue weighted by Crippen LogP contribution is 2.90. The van der Waals surface area contributed by atoms with Crippen molar-refractivity contribution in [1.82, 2.24) is 0 Å². The first-order valence-corrected chi connectivity index (χ1v) is 18.2. The molecule has 2 saturated heterocycles. The van der Waals surface area contributed by atoms with Crippen LogP contribution in [0.5, 0.6) is 0 Å². The van der Waals surface area contributed by atoms with E-state index in [0.717, 1.165) is 50.5 Å². The SMILES string of the molecule is CO.CO[C@H](O)[C@H](C)CC1C[C@@H](C)C2C3CC[C@]45C(CCC6C(C)(C)[C@@H](O[C@H]7C[C@@H](O)CCO7)CCC64[C@H]5C)[C@]3(C)C[C@@H]2O1. The Kier molecular flexibility index (Phi) is 9.17. The molecule has 44 heavy (non-hydrogen) atoms. The van der Waals surface area contributed by atoms with Crippen molar-refractivity contribution in [2.45, 2.75) is 149 Å². The van der Waals surface area contributed by atoms with Crippen LogP contribution >= 0.6 is 0 Å². The van der Waals surface area contributed by atoms with E-state index < -0.39 is 6.29 Å². The van der Waals surface area contributed by atoms with Gasteiger partial charge < -0.3 is 34.3 Å². The maximum atomic E-state index is 10.2. The van der Waals surface area contributed by atoms with Gasteiger partial charge in [-0.15, -0.1) is 0 Å². The summed E-state index contributed by atoms with van der Waals surface area (Å²) in [6, 6.07) is 0. The minimum Gasteiger partial charge on any atom is -0.400 e. The highest BCUT2D eigenvalue weighted by Gasteiger charge is 2.85. The number of aliphatic hydroxyl groups is 3. The molecule has 7 rings (SSSR count). The fourth-order valence-corrected chi connectivity index (χ4v) is 13.8. The Labute approximate surface area is 267 Å². The predicted molar refractivity (Wildman–Crippen MR) is 169 cm³/mol. The van der Waals surface area contributed by atoms with Gasteiger partial charge >= 0.3 is 0 Å². The highest BCUT2D eigenvalue weighted by molar-refractivity contribution is 5.33. The first kappa shape index (κ1) is 33.6. The summed E-state index contributed by atoms with van der Waals surface area (Å²) in [7, 11) is 2.59. The van der Waals surface area contributed by atoms with Crippen LogP contribution in [0, 0.1) is 63.1 Å². The van der Waals surface area contributed by atoms with Gasteiger partial charge in [-0.05, 0) is 121 Å². The predicted octanol–water partition coefficient (Wildman–Crippen LogP) is 6.17. The molecule has 5 saturated carbocycles. The molecule has 7 nitrogen and oxygen atoms in total. The summed E-state index contributed by atoms with van der Waals surface area (Å²) in [5.74, 6) is 4.51. The van der Waals surface area contributed by atoms with Crippen LogP contribution < -0.4 is 0 Å². The van der Waals surface area contributed by atoms with Crippen LogP contribution in [0.1, 0.15) is 112 Å². The number of hydrogen-bond acceptors (Lipinski definition) is 7. The number of aliphatic hydroxyl groups excluding tert-OH is 3. The summed E-state index contributed by atoms with van der Waals surface area (Å²) < 4.78 is 24.9. The first-order chi connectivity index (χ1) is 20.9. The van der Waals surface area contributed by atoms with Crippen molar-refractivity contribution < 1.29 is 34.3 Å². The van der Waals surface area contributed by atoms with Gasteiger partial charge in [0.15, 0.2) is 12.6 Å². The van der Waals surface area contributed by atoms with Gasteiger partial charge in [-0.3, -0.25) is 0 Å². The van der Waals surface area contributed by atoms with Crippen LogP contribution in [0.2, 0.25) is 0 Å². The molecule has 0 amide bonds. The van der Waals surface area contributed by atoms with Crippen LogP contribution in [-0.2, 0) is 18.9 Å². The van der Waals surface area contributed by atoms with E-state index in [1.807, 2.05) is 0 Å². The highest BCUT2D eigenvalue weighted by atomic mass is 16.7. The van der Waals surface area contributed by atoms with Gasteiger partial charge in [0.25, 0.3) is 0 Å². The van der Waals surface area contributed by atoms with E-state index in [0.29, 0.717) is 53.1 Å². The van der Waals surface area contributed by atoms with Gasteiger partial charge in [0, 0.05) is 26.6 Å². The van der Waals surface area contributed by atoms with Gasteiger partial charge in [-0.25, -0.2) is 0 Å². The topological polar surface area (TPSA) is 97.6 Å². The molecular formula is C37H64O7. The van der Waals surface area contributed by atoms with E-state index in [2.05, 4.69) is 41.5 Å². The molecule has 6 unspecified atom stereocenters. The summed E-state index contributed by atoms with van der Waals surface area (Å²) in [5.41, 5.74) is 1.41. The van der Waals surface area contributed by atoms with E-state index in [-0.39, 0.29) is 35.9 Å². The number of rotatable bonds is 6. The molecule has 254 valence electrons. The summed E-state index contributed by atoms with van der Waals surface area (Å²) >= 11 is 0. The fraction of sp³-hybridized carbons (Fsp3) is 1.00. The summed E-state index contributed by atoms with van der Waals surface area (Å²) in [4.78, 5) is 0. The summed E-state index contributed by atoms with van der Waals surface area (Å²) in [6.07, 6.45) is 12.0. The molecule has 0 aromatic carbocycles. The van der Waals surface area contributed by atoms with Crippen molar-refractivity contribution in [1.29, 1.82) is 0 Å². The van der Waals surface area contributed by atoms with E-state index in [4.69, 9.17) is 24.1 Å². The zero-order valence-electron chi connectivity index (χ0n) is 29.0. The van der Waals surface area contributed by atoms with E-state index in [1.165, 1.54) is 38.5 Å². The van der Waals surface area contributed by atoms with Crippen molar-refractivity contribution in [3.63, 3.8) is 0 Å². The Morgan fingerprint density at radius 2 is 1.61 bits per heavy atom. The van der Waals surface area contributed by atoms with Crippen LogP contribution in [0.15, 0.2) is 0 Å². The molecule has 0 aromatic heterocycles. The standard InChI is InChI=1S/C36H60O6.CH4O/c1-20-16-24(17-21(2)32(38)39-7)41-26-19-34(6)25(31(20)26)10-13-36-22(3)35(36)14-11-29(42-30-18-23(37)12-15-40-30)33(4,5)27(35)8-9-28(34)36;1-2/h20-32,37-38H,8-19H2,1-7H3;2H,1H3/t20-,21-,22-,23+,24?,25?,26+,27?,28?,29+,30+,31?,32+,34-,35?,36+;/m1./s1. The number of hydrogen-bond donors (Lipinski definition) is 3. The van der Waals surface area contributed by atoms with E-state index in [1.54, 1.807) is 7.11 Å². The van der Waals surface area contributed by atoms with Gasteiger partial charge in [0.1, 0.15) is 0 Å². The molecule has 0 radical (unpaired) electrons. The quantitative estimate of drug-likeness (QED) is 0.242. The maximum absolute atomic E-state index is 10.2. The average Bonchev–Trinajstić information content (AvgIpc) is 3.34. The normalized spacial score (nSPS) is 53.4. The Morgan fingerprint density at radius 3 is 2.32 bits per heavy atom. The van der Waals surface area contributed by atoms with Gasteiger partial charge in [-0.1, -0.05) is 41.5 Å². The second kappa shape index (κ2) is 12.0. The molecule has 2 heterocycles. The molecule has 7 fully saturated rings. The van der Waals surface area contributed by atoms with Crippen LogP contribution in [-0.4, -0.2) is 73.1 Å². The Morgan fingerprint density at radius 1 is 0.932 bits per heavy atom. The summed E-state index contributed by atoms with van der Waals surface area (Å²) in [5, 5.41) is 27.5. The van der Waals surface area contributed by atoms with Crippen molar-refractivity contribution in [2.24, 2.45) is 63.1 Å². The number of methoxy groups -OCH3 is 1. The molecule has 5 aliphatic carbocycles. The number of fused-ring (bicyclic) bond motifs is 4. The van der Waals surface area contributed by atoms with Gasteiger partial charge in [0.05, 0.1) is 31.0 Å². The second-order valence-electron chi connectivity index (χ2n) is 17.2. The average molecular weight is 621 g/mol. The molecular weight excluding hydrogens is 556 g/mol. The minimum atomic E-state index is -0.709. The Hall–Kier alpha value is -0.280. The number of ether oxygens (including phenoxy) is 4. The van der Waals surface area contributed by atoms with Crippen molar-refractivity contribution >= 4 is 0 Å². The molecule has 7 heteroatoms. The van der Waals surface area contributed by atoms with Crippen LogP contribution in [0.3, 0.4) is 0 Å². The zero-order chi connectivity index (χ0) is 31.8. The largest absolute Gasteiger partial charge is 0.400 e. The Balaban J connectivity index is 0.00000168. The smallest absolute Gasteiger partial charge is 0.160 e. The van der Waals surface area contributed by atoms with E-state index in [9.17, 15) is 10.2 Å². The maximum Gasteiger partial charge on any atom is 0.160 e. The summed E-state index contributed by atoms with van der Waals surface area (Å²) in [6.45, 7) is 15.5. The molecule has 0 bridgehead atoms. The van der Waals surface area contributed by atoms with Crippen molar-refractivity contribution in [3.05, 3.63) is 0 Å². The van der Waals surface area contributed by atoms with Crippen LogP contribution in [0.4, 0.5) is 0 Å². The second-order valence-corrected chi connectivity index (χ2v) is 17.2. The Bertz CT molecular complexity index is 1020. The third-order valence-corrected chi connectivity index (χ3v) is 15.5. The molecule has 3 N–H and O–H groups in total. The van der Waals surface area contributed by atoms with E-state index >= 15 is 0 Å². The third-order valence-electron chi connectivity index (χ3n) is 15.5. The molecule has 16 atom stereocenters. The zero-order valence-corrected chi connectivity index (χ0v) is 29.0. The first-order valence-electron chi connectivity index (χ1n) is 18.2. The lowest BCUT2D eigenvalue weighted by molar-refractivity contribution is -0.248. The van der Waals surface area contributed by atoms with Gasteiger partial charge in [-0.2, -0.15) is 0 Å². The molecule has 2 aliphatic heterocycles. The molecule has 7 aliphatic rings. The molecule has 0 aromatic rings. The van der Waals surface area contributed by atoms with Crippen molar-refractivity contribution in [3.8, 4) is 0 Å². The lowest BCUT2D eigenvalue weighted by atomic mass is 9.45. The van der Waals surface area contributed by atoms with Gasteiger partial charge in [0.2, 0.25) is 0 Å². The monoisotopic (exact) mass is 620 g/mol.